The summed E-state index contributed by atoms with van der Waals surface area (Å²) in [5.74, 6) is -0.986. The van der Waals surface area contributed by atoms with Crippen LogP contribution in [0.15, 0.2) is 0 Å². The summed E-state index contributed by atoms with van der Waals surface area (Å²) in [4.78, 5) is 11.6. The SMILES string of the molecule is C[C@H](O)[C@H](C)S(=O)(=O)CC(=O)NC1CCCC1. The summed E-state index contributed by atoms with van der Waals surface area (Å²) in [6.45, 7) is 2.83. The van der Waals surface area contributed by atoms with E-state index in [-0.39, 0.29) is 6.04 Å². The van der Waals surface area contributed by atoms with Gasteiger partial charge in [-0.15, -0.1) is 0 Å². The van der Waals surface area contributed by atoms with Gasteiger partial charge in [0.2, 0.25) is 5.91 Å². The molecule has 0 spiro atoms. The Labute approximate surface area is 103 Å². The maximum atomic E-state index is 11.7. The Morgan fingerprint density at radius 3 is 2.35 bits per heavy atom. The summed E-state index contributed by atoms with van der Waals surface area (Å²) in [7, 11) is -3.56. The van der Waals surface area contributed by atoms with Crippen LogP contribution >= 0.6 is 0 Å². The molecule has 1 amide bonds. The molecule has 0 saturated heterocycles. The van der Waals surface area contributed by atoms with E-state index in [4.69, 9.17) is 0 Å². The summed E-state index contributed by atoms with van der Waals surface area (Å²) in [5, 5.41) is 11.1. The van der Waals surface area contributed by atoms with E-state index in [2.05, 4.69) is 5.32 Å². The van der Waals surface area contributed by atoms with Gasteiger partial charge in [-0.3, -0.25) is 4.79 Å². The van der Waals surface area contributed by atoms with Crippen molar-refractivity contribution in [1.82, 2.24) is 5.32 Å². The van der Waals surface area contributed by atoms with Gasteiger partial charge in [-0.1, -0.05) is 12.8 Å². The molecule has 0 aromatic heterocycles. The molecular weight excluding hydrogens is 242 g/mol. The van der Waals surface area contributed by atoms with Crippen LogP contribution in [0.4, 0.5) is 0 Å². The van der Waals surface area contributed by atoms with E-state index in [1.807, 2.05) is 0 Å². The van der Waals surface area contributed by atoms with Gasteiger partial charge in [0.25, 0.3) is 0 Å². The van der Waals surface area contributed by atoms with Crippen LogP contribution in [0.5, 0.6) is 0 Å². The molecule has 1 rings (SSSR count). The number of carbonyl (C=O) groups is 1. The zero-order valence-electron chi connectivity index (χ0n) is 10.3. The molecule has 0 aliphatic heterocycles. The molecule has 0 aromatic rings. The maximum absolute atomic E-state index is 11.7. The molecule has 100 valence electrons. The molecule has 2 atom stereocenters. The number of carbonyl (C=O) groups excluding carboxylic acids is 1. The highest BCUT2D eigenvalue weighted by Gasteiger charge is 2.28. The zero-order chi connectivity index (χ0) is 13.1. The van der Waals surface area contributed by atoms with Crippen LogP contribution in [0.2, 0.25) is 0 Å². The number of hydrogen-bond acceptors (Lipinski definition) is 4. The number of sulfone groups is 1. The average Bonchev–Trinajstić information content (AvgIpc) is 2.67. The lowest BCUT2D eigenvalue weighted by molar-refractivity contribution is -0.119. The van der Waals surface area contributed by atoms with Crippen molar-refractivity contribution < 1.29 is 18.3 Å². The van der Waals surface area contributed by atoms with Gasteiger partial charge >= 0.3 is 0 Å². The van der Waals surface area contributed by atoms with Gasteiger partial charge in [0.1, 0.15) is 5.75 Å². The van der Waals surface area contributed by atoms with Crippen LogP contribution in [0.3, 0.4) is 0 Å². The van der Waals surface area contributed by atoms with Crippen LogP contribution in [0.25, 0.3) is 0 Å². The van der Waals surface area contributed by atoms with Crippen molar-refractivity contribution in [1.29, 1.82) is 0 Å². The Kier molecular flexibility index (Phi) is 4.94. The van der Waals surface area contributed by atoms with Crippen LogP contribution in [-0.2, 0) is 14.6 Å². The van der Waals surface area contributed by atoms with E-state index < -0.39 is 32.9 Å². The van der Waals surface area contributed by atoms with Gasteiger partial charge in [0.05, 0.1) is 11.4 Å². The van der Waals surface area contributed by atoms with Crippen LogP contribution in [0, 0.1) is 0 Å². The third kappa shape index (κ3) is 4.27. The fraction of sp³-hybridized carbons (Fsp3) is 0.909. The third-order valence-electron chi connectivity index (χ3n) is 3.30. The van der Waals surface area contributed by atoms with E-state index in [0.717, 1.165) is 25.7 Å². The highest BCUT2D eigenvalue weighted by Crippen LogP contribution is 2.17. The zero-order valence-corrected chi connectivity index (χ0v) is 11.2. The van der Waals surface area contributed by atoms with Gasteiger partial charge in [0, 0.05) is 6.04 Å². The summed E-state index contributed by atoms with van der Waals surface area (Å²) in [6.07, 6.45) is 3.07. The molecule has 1 aliphatic carbocycles. The van der Waals surface area contributed by atoms with Crippen LogP contribution < -0.4 is 5.32 Å². The Hall–Kier alpha value is -0.620. The minimum Gasteiger partial charge on any atom is -0.392 e. The largest absolute Gasteiger partial charge is 0.392 e. The second kappa shape index (κ2) is 5.82. The van der Waals surface area contributed by atoms with Crippen molar-refractivity contribution in [2.24, 2.45) is 0 Å². The predicted molar refractivity (Wildman–Crippen MR) is 65.3 cm³/mol. The lowest BCUT2D eigenvalue weighted by Crippen LogP contribution is -2.41. The normalized spacial score (nSPS) is 21.1. The first-order valence-electron chi connectivity index (χ1n) is 6.02. The molecule has 0 radical (unpaired) electrons. The van der Waals surface area contributed by atoms with Crippen molar-refractivity contribution in [3.63, 3.8) is 0 Å². The van der Waals surface area contributed by atoms with Gasteiger partial charge < -0.3 is 10.4 Å². The highest BCUT2D eigenvalue weighted by atomic mass is 32.2. The Bertz CT molecular complexity index is 358. The van der Waals surface area contributed by atoms with Crippen LogP contribution in [0.1, 0.15) is 39.5 Å². The minimum atomic E-state index is -3.56. The average molecular weight is 263 g/mol. The summed E-state index contributed by atoms with van der Waals surface area (Å²) in [5.41, 5.74) is 0. The van der Waals surface area contributed by atoms with Gasteiger partial charge in [-0.25, -0.2) is 8.42 Å². The molecule has 6 heteroatoms. The molecule has 0 unspecified atom stereocenters. The molecule has 1 fully saturated rings. The first-order chi connectivity index (χ1) is 7.83. The lowest BCUT2D eigenvalue weighted by atomic mass is 10.2. The summed E-state index contributed by atoms with van der Waals surface area (Å²) in [6, 6.07) is 0.125. The van der Waals surface area contributed by atoms with E-state index >= 15 is 0 Å². The topological polar surface area (TPSA) is 83.5 Å². The van der Waals surface area contributed by atoms with E-state index in [1.165, 1.54) is 13.8 Å². The van der Waals surface area contributed by atoms with Crippen molar-refractivity contribution in [2.45, 2.75) is 56.9 Å². The molecule has 17 heavy (non-hydrogen) atoms. The van der Waals surface area contributed by atoms with Crippen LogP contribution in [-0.4, -0.2) is 42.6 Å². The fourth-order valence-corrected chi connectivity index (χ4v) is 3.27. The van der Waals surface area contributed by atoms with Gasteiger partial charge in [-0.2, -0.15) is 0 Å². The quantitative estimate of drug-likeness (QED) is 0.743. The Morgan fingerprint density at radius 2 is 1.88 bits per heavy atom. The fourth-order valence-electron chi connectivity index (χ4n) is 1.95. The molecule has 2 N–H and O–H groups in total. The van der Waals surface area contributed by atoms with Crippen molar-refractivity contribution in [3.05, 3.63) is 0 Å². The number of aliphatic hydroxyl groups is 1. The first kappa shape index (κ1) is 14.4. The first-order valence-corrected chi connectivity index (χ1v) is 7.73. The van der Waals surface area contributed by atoms with E-state index in [9.17, 15) is 18.3 Å². The number of rotatable bonds is 5. The molecule has 0 bridgehead atoms. The molecule has 1 aliphatic rings. The highest BCUT2D eigenvalue weighted by molar-refractivity contribution is 7.92. The predicted octanol–water partition coefficient (Wildman–Crippen LogP) is 0.229. The van der Waals surface area contributed by atoms with Crippen molar-refractivity contribution >= 4 is 15.7 Å². The maximum Gasteiger partial charge on any atom is 0.235 e. The number of nitrogens with one attached hydrogen (secondary N) is 1. The van der Waals surface area contributed by atoms with Crippen molar-refractivity contribution in [2.75, 3.05) is 5.75 Å². The molecule has 0 heterocycles. The number of aliphatic hydroxyl groups excluding tert-OH is 1. The second-order valence-electron chi connectivity index (χ2n) is 4.80. The summed E-state index contributed by atoms with van der Waals surface area (Å²) < 4.78 is 23.5. The van der Waals surface area contributed by atoms with E-state index in [1.54, 1.807) is 0 Å². The lowest BCUT2D eigenvalue weighted by Gasteiger charge is -2.16. The summed E-state index contributed by atoms with van der Waals surface area (Å²) >= 11 is 0. The smallest absolute Gasteiger partial charge is 0.235 e. The molecule has 0 aromatic carbocycles. The molecular formula is C11H21NO4S. The third-order valence-corrected chi connectivity index (χ3v) is 5.49. The monoisotopic (exact) mass is 263 g/mol. The molecule has 5 nitrogen and oxygen atoms in total. The number of amides is 1. The van der Waals surface area contributed by atoms with Crippen molar-refractivity contribution in [3.8, 4) is 0 Å². The van der Waals surface area contributed by atoms with Gasteiger partial charge in [-0.05, 0) is 26.7 Å². The Balaban J connectivity index is 2.49. The second-order valence-corrected chi connectivity index (χ2v) is 7.16. The Morgan fingerprint density at radius 1 is 1.35 bits per heavy atom. The number of hydrogen-bond donors (Lipinski definition) is 2. The van der Waals surface area contributed by atoms with Gasteiger partial charge in [0.15, 0.2) is 9.84 Å². The standard InChI is InChI=1S/C11H21NO4S/c1-8(13)9(2)17(15,16)7-11(14)12-10-5-3-4-6-10/h8-10,13H,3-7H2,1-2H3,(H,12,14)/t8-,9-/m0/s1. The minimum absolute atomic E-state index is 0.125. The van der Waals surface area contributed by atoms with E-state index in [0.29, 0.717) is 0 Å². The molecule has 1 saturated carbocycles.